The van der Waals surface area contributed by atoms with Gasteiger partial charge in [0.15, 0.2) is 0 Å². The van der Waals surface area contributed by atoms with Crippen LogP contribution in [0.25, 0.3) is 0 Å². The number of aliphatic hydroxyl groups is 1. The van der Waals surface area contributed by atoms with Gasteiger partial charge in [0, 0.05) is 24.3 Å². The van der Waals surface area contributed by atoms with Gasteiger partial charge < -0.3 is 15.5 Å². The van der Waals surface area contributed by atoms with Crippen LogP contribution in [-0.4, -0.2) is 35.2 Å². The third-order valence-corrected chi connectivity index (χ3v) is 2.74. The van der Waals surface area contributed by atoms with Crippen molar-refractivity contribution in [1.82, 2.24) is 5.32 Å². The van der Waals surface area contributed by atoms with Crippen molar-refractivity contribution < 1.29 is 19.8 Å². The molecule has 1 amide bonds. The number of rotatable bonds is 6. The molecule has 0 bridgehead atoms. The Hall–Kier alpha value is -1.36. The first kappa shape index (κ1) is 15.6. The number of carbonyl (C=O) groups is 2. The van der Waals surface area contributed by atoms with Crippen LogP contribution in [0.5, 0.6) is 0 Å². The second-order valence-electron chi connectivity index (χ2n) is 4.88. The first-order valence-corrected chi connectivity index (χ1v) is 5.51. The van der Waals surface area contributed by atoms with Gasteiger partial charge in [-0.15, -0.1) is 0 Å². The lowest BCUT2D eigenvalue weighted by Gasteiger charge is -2.24. The van der Waals surface area contributed by atoms with Crippen LogP contribution in [0.4, 0.5) is 0 Å². The third-order valence-electron chi connectivity index (χ3n) is 2.74. The van der Waals surface area contributed by atoms with E-state index in [2.05, 4.69) is 5.32 Å². The molecule has 0 atom stereocenters. The highest BCUT2D eigenvalue weighted by Gasteiger charge is 2.19. The van der Waals surface area contributed by atoms with Gasteiger partial charge in [0.05, 0.1) is 0 Å². The molecule has 0 saturated carbocycles. The molecular weight excluding hydrogens is 222 g/mol. The monoisotopic (exact) mass is 243 g/mol. The molecule has 5 nitrogen and oxygen atoms in total. The van der Waals surface area contributed by atoms with Gasteiger partial charge in [0.2, 0.25) is 5.91 Å². The SMILES string of the molecule is CC(C(=O)O)=C(C)C(=O)NCC(C)(C)CCO. The standard InChI is InChI=1S/C12H21NO4/c1-8(9(2)11(16)17)10(15)13-7-12(3,4)5-6-14/h14H,5-7H2,1-4H3,(H,13,15)(H,16,17). The summed E-state index contributed by atoms with van der Waals surface area (Å²) in [5, 5.41) is 20.3. The second kappa shape index (κ2) is 6.39. The number of aliphatic hydroxyl groups excluding tert-OH is 1. The molecule has 0 aliphatic carbocycles. The average Bonchev–Trinajstić information content (AvgIpc) is 2.23. The minimum atomic E-state index is -1.09. The van der Waals surface area contributed by atoms with E-state index in [1.54, 1.807) is 0 Å². The van der Waals surface area contributed by atoms with Crippen molar-refractivity contribution in [3.05, 3.63) is 11.1 Å². The van der Waals surface area contributed by atoms with Crippen LogP contribution in [0, 0.1) is 5.41 Å². The zero-order valence-electron chi connectivity index (χ0n) is 10.8. The molecule has 0 unspecified atom stereocenters. The lowest BCUT2D eigenvalue weighted by Crippen LogP contribution is -2.35. The van der Waals surface area contributed by atoms with E-state index in [9.17, 15) is 9.59 Å². The number of carboxylic acids is 1. The van der Waals surface area contributed by atoms with Crippen LogP contribution in [0.1, 0.15) is 34.1 Å². The van der Waals surface area contributed by atoms with Gasteiger partial charge in [-0.25, -0.2) is 4.79 Å². The molecule has 0 radical (unpaired) electrons. The molecule has 0 rings (SSSR count). The summed E-state index contributed by atoms with van der Waals surface area (Å²) in [4.78, 5) is 22.3. The molecule has 0 fully saturated rings. The number of nitrogens with one attached hydrogen (secondary N) is 1. The molecule has 0 aliphatic rings. The Morgan fingerprint density at radius 2 is 1.71 bits per heavy atom. The molecule has 0 aromatic heterocycles. The third kappa shape index (κ3) is 5.49. The van der Waals surface area contributed by atoms with E-state index in [-0.39, 0.29) is 29.1 Å². The van der Waals surface area contributed by atoms with Crippen LogP contribution in [0.2, 0.25) is 0 Å². The van der Waals surface area contributed by atoms with Crippen LogP contribution < -0.4 is 5.32 Å². The quantitative estimate of drug-likeness (QED) is 0.606. The molecular formula is C12H21NO4. The molecule has 0 aliphatic heterocycles. The van der Waals surface area contributed by atoms with E-state index < -0.39 is 5.97 Å². The van der Waals surface area contributed by atoms with Crippen LogP contribution in [0.3, 0.4) is 0 Å². The molecule has 0 spiro atoms. The fourth-order valence-corrected chi connectivity index (χ4v) is 1.17. The van der Waals surface area contributed by atoms with Gasteiger partial charge in [-0.05, 0) is 25.7 Å². The Balaban J connectivity index is 4.48. The minimum Gasteiger partial charge on any atom is -0.478 e. The number of carbonyl (C=O) groups excluding carboxylic acids is 1. The number of hydrogen-bond acceptors (Lipinski definition) is 3. The van der Waals surface area contributed by atoms with Gasteiger partial charge >= 0.3 is 5.97 Å². The van der Waals surface area contributed by atoms with Crippen molar-refractivity contribution in [1.29, 1.82) is 0 Å². The summed E-state index contributed by atoms with van der Waals surface area (Å²) in [5.41, 5.74) is 0.0433. The van der Waals surface area contributed by atoms with Crippen LogP contribution in [0.15, 0.2) is 11.1 Å². The maximum atomic E-state index is 11.6. The lowest BCUT2D eigenvalue weighted by molar-refractivity contribution is -0.133. The summed E-state index contributed by atoms with van der Waals surface area (Å²) >= 11 is 0. The van der Waals surface area contributed by atoms with Gasteiger partial charge in [-0.3, -0.25) is 4.79 Å². The summed E-state index contributed by atoms with van der Waals surface area (Å²) in [5.74, 6) is -1.47. The van der Waals surface area contributed by atoms with Gasteiger partial charge in [-0.1, -0.05) is 13.8 Å². The van der Waals surface area contributed by atoms with E-state index in [0.29, 0.717) is 13.0 Å². The smallest absolute Gasteiger partial charge is 0.331 e. The fourth-order valence-electron chi connectivity index (χ4n) is 1.17. The fraction of sp³-hybridized carbons (Fsp3) is 0.667. The Morgan fingerprint density at radius 1 is 1.18 bits per heavy atom. The van der Waals surface area contributed by atoms with Crippen molar-refractivity contribution in [2.24, 2.45) is 5.41 Å². The van der Waals surface area contributed by atoms with Crippen molar-refractivity contribution in [2.45, 2.75) is 34.1 Å². The maximum absolute atomic E-state index is 11.6. The van der Waals surface area contributed by atoms with Gasteiger partial charge in [0.25, 0.3) is 0 Å². The highest BCUT2D eigenvalue weighted by molar-refractivity contribution is 6.01. The van der Waals surface area contributed by atoms with E-state index in [0.717, 1.165) is 0 Å². The number of amides is 1. The first-order chi connectivity index (χ1) is 7.71. The molecule has 5 heteroatoms. The number of carboxylic acid groups (broad SMARTS) is 1. The number of aliphatic carboxylic acids is 1. The van der Waals surface area contributed by atoms with Crippen molar-refractivity contribution in [2.75, 3.05) is 13.2 Å². The molecule has 0 saturated heterocycles. The zero-order chi connectivity index (χ0) is 13.6. The molecule has 3 N–H and O–H groups in total. The number of hydrogen-bond donors (Lipinski definition) is 3. The summed E-state index contributed by atoms with van der Waals surface area (Å²) < 4.78 is 0. The predicted molar refractivity (Wildman–Crippen MR) is 64.5 cm³/mol. The van der Waals surface area contributed by atoms with Crippen molar-refractivity contribution >= 4 is 11.9 Å². The minimum absolute atomic E-state index is 0.0439. The van der Waals surface area contributed by atoms with E-state index in [4.69, 9.17) is 10.2 Å². The van der Waals surface area contributed by atoms with E-state index in [1.807, 2.05) is 13.8 Å². The Morgan fingerprint density at radius 3 is 2.12 bits per heavy atom. The van der Waals surface area contributed by atoms with Crippen molar-refractivity contribution in [3.63, 3.8) is 0 Å². The summed E-state index contributed by atoms with van der Waals surface area (Å²) in [6.07, 6.45) is 0.577. The Labute approximate surface area is 102 Å². The van der Waals surface area contributed by atoms with Crippen LogP contribution >= 0.6 is 0 Å². The second-order valence-corrected chi connectivity index (χ2v) is 4.88. The van der Waals surface area contributed by atoms with Crippen molar-refractivity contribution in [3.8, 4) is 0 Å². The highest BCUT2D eigenvalue weighted by Crippen LogP contribution is 2.18. The summed E-state index contributed by atoms with van der Waals surface area (Å²) in [6.45, 7) is 7.19. The predicted octanol–water partition coefficient (Wildman–Crippen LogP) is 0.932. The highest BCUT2D eigenvalue weighted by atomic mass is 16.4. The van der Waals surface area contributed by atoms with E-state index in [1.165, 1.54) is 13.8 Å². The van der Waals surface area contributed by atoms with Gasteiger partial charge in [0.1, 0.15) is 0 Å². The summed E-state index contributed by atoms with van der Waals surface area (Å²) in [7, 11) is 0. The normalized spacial score (nSPS) is 13.0. The molecule has 0 heterocycles. The maximum Gasteiger partial charge on any atom is 0.331 e. The molecule has 0 aromatic rings. The topological polar surface area (TPSA) is 86.6 Å². The largest absolute Gasteiger partial charge is 0.478 e. The Bertz CT molecular complexity index is 331. The Kier molecular flexibility index (Phi) is 5.88. The molecule has 17 heavy (non-hydrogen) atoms. The lowest BCUT2D eigenvalue weighted by atomic mass is 9.89. The average molecular weight is 243 g/mol. The van der Waals surface area contributed by atoms with Crippen LogP contribution in [-0.2, 0) is 9.59 Å². The van der Waals surface area contributed by atoms with E-state index >= 15 is 0 Å². The van der Waals surface area contributed by atoms with Gasteiger partial charge in [-0.2, -0.15) is 0 Å². The molecule has 98 valence electrons. The molecule has 0 aromatic carbocycles. The zero-order valence-corrected chi connectivity index (χ0v) is 10.8. The summed E-state index contributed by atoms with van der Waals surface area (Å²) in [6, 6.07) is 0. The first-order valence-electron chi connectivity index (χ1n) is 5.51.